The topological polar surface area (TPSA) is 58.1 Å². The van der Waals surface area contributed by atoms with Gasteiger partial charge in [0.1, 0.15) is 0 Å². The molecular weight excluding hydrogens is 491 g/mol. The molecule has 2 fully saturated rings. The van der Waals surface area contributed by atoms with E-state index in [0.717, 1.165) is 64.8 Å². The maximum Gasteiger partial charge on any atom is 0.191 e. The number of ether oxygens (including phenoxy) is 2. The van der Waals surface area contributed by atoms with Crippen LogP contribution in [0.25, 0.3) is 0 Å². The molecular formula is C23H39IN4O2. The van der Waals surface area contributed by atoms with E-state index >= 15 is 0 Å². The van der Waals surface area contributed by atoms with E-state index in [2.05, 4.69) is 52.8 Å². The first kappa shape index (κ1) is 25.4. The minimum Gasteiger partial charge on any atom is -0.379 e. The Bertz CT molecular complexity index is 596. The zero-order valence-electron chi connectivity index (χ0n) is 18.4. The highest BCUT2D eigenvalue weighted by Gasteiger charge is 2.24. The van der Waals surface area contributed by atoms with Crippen molar-refractivity contribution in [1.29, 1.82) is 0 Å². The summed E-state index contributed by atoms with van der Waals surface area (Å²) < 4.78 is 11.3. The predicted octanol–water partition coefficient (Wildman–Crippen LogP) is 3.41. The molecule has 1 aromatic rings. The maximum atomic E-state index is 5.74. The highest BCUT2D eigenvalue weighted by molar-refractivity contribution is 14.0. The maximum absolute atomic E-state index is 5.74. The van der Waals surface area contributed by atoms with E-state index in [9.17, 15) is 0 Å². The fourth-order valence-electron chi connectivity index (χ4n) is 4.04. The number of rotatable bonds is 11. The van der Waals surface area contributed by atoms with Gasteiger partial charge in [0, 0.05) is 38.9 Å². The molecule has 0 amide bonds. The third-order valence-electron chi connectivity index (χ3n) is 5.62. The normalized spacial score (nSPS) is 22.1. The number of nitrogens with zero attached hydrogens (tertiary/aromatic N) is 2. The summed E-state index contributed by atoms with van der Waals surface area (Å²) in [6, 6.07) is 11.3. The number of benzene rings is 1. The van der Waals surface area contributed by atoms with Crippen molar-refractivity contribution in [1.82, 2.24) is 15.5 Å². The molecule has 2 N–H and O–H groups in total. The van der Waals surface area contributed by atoms with Crippen LogP contribution in [0.1, 0.15) is 44.6 Å². The minimum atomic E-state index is 0. The van der Waals surface area contributed by atoms with Gasteiger partial charge in [-0.3, -0.25) is 9.89 Å². The van der Waals surface area contributed by atoms with Gasteiger partial charge >= 0.3 is 0 Å². The summed E-state index contributed by atoms with van der Waals surface area (Å²) in [5, 5.41) is 6.81. The number of hydrogen-bond donors (Lipinski definition) is 2. The Morgan fingerprint density at radius 3 is 2.83 bits per heavy atom. The number of guanidine groups is 1. The van der Waals surface area contributed by atoms with Gasteiger partial charge in [-0.2, -0.15) is 0 Å². The molecule has 30 heavy (non-hydrogen) atoms. The van der Waals surface area contributed by atoms with E-state index in [0.29, 0.717) is 12.1 Å². The summed E-state index contributed by atoms with van der Waals surface area (Å²) in [4.78, 5) is 7.43. The predicted molar refractivity (Wildman–Crippen MR) is 134 cm³/mol. The molecule has 2 heterocycles. The Kier molecular flexibility index (Phi) is 12.7. The van der Waals surface area contributed by atoms with Gasteiger partial charge in [-0.05, 0) is 51.1 Å². The lowest BCUT2D eigenvalue weighted by atomic mass is 10.2. The molecule has 0 aromatic heterocycles. The zero-order chi connectivity index (χ0) is 20.2. The van der Waals surface area contributed by atoms with Gasteiger partial charge in [0.05, 0.1) is 19.3 Å². The molecule has 0 aliphatic carbocycles. The van der Waals surface area contributed by atoms with Crippen molar-refractivity contribution in [2.75, 3.05) is 46.0 Å². The van der Waals surface area contributed by atoms with Gasteiger partial charge in [0.2, 0.25) is 0 Å². The highest BCUT2D eigenvalue weighted by Crippen LogP contribution is 2.20. The lowest BCUT2D eigenvalue weighted by molar-refractivity contribution is 0.0168. The Labute approximate surface area is 199 Å². The molecule has 0 bridgehead atoms. The van der Waals surface area contributed by atoms with E-state index in [1.807, 2.05) is 0 Å². The van der Waals surface area contributed by atoms with Gasteiger partial charge in [-0.15, -0.1) is 24.0 Å². The second-order valence-corrected chi connectivity index (χ2v) is 7.96. The number of likely N-dealkylation sites (tertiary alicyclic amines) is 1. The van der Waals surface area contributed by atoms with Gasteiger partial charge < -0.3 is 20.1 Å². The lowest BCUT2D eigenvalue weighted by Gasteiger charge is -2.23. The first-order valence-electron chi connectivity index (χ1n) is 11.3. The largest absolute Gasteiger partial charge is 0.379 e. The molecule has 2 aliphatic heterocycles. The minimum absolute atomic E-state index is 0. The van der Waals surface area contributed by atoms with Crippen LogP contribution >= 0.6 is 24.0 Å². The fourth-order valence-corrected chi connectivity index (χ4v) is 4.04. The Hall–Kier alpha value is -0.900. The molecule has 2 atom stereocenters. The quantitative estimate of drug-likeness (QED) is 0.199. The average Bonchev–Trinajstić information content (AvgIpc) is 3.41. The molecule has 0 saturated carbocycles. The van der Waals surface area contributed by atoms with Crippen LogP contribution in [-0.4, -0.2) is 69.0 Å². The average molecular weight is 530 g/mol. The van der Waals surface area contributed by atoms with Crippen molar-refractivity contribution in [2.45, 2.75) is 57.7 Å². The second kappa shape index (κ2) is 15.0. The summed E-state index contributed by atoms with van der Waals surface area (Å²) in [7, 11) is 0. The summed E-state index contributed by atoms with van der Waals surface area (Å²) in [5.74, 6) is 0.915. The first-order chi connectivity index (χ1) is 14.3. The second-order valence-electron chi connectivity index (χ2n) is 7.96. The Morgan fingerprint density at radius 1 is 1.20 bits per heavy atom. The van der Waals surface area contributed by atoms with E-state index in [1.54, 1.807) is 0 Å². The fraction of sp³-hybridized carbons (Fsp3) is 0.696. The van der Waals surface area contributed by atoms with Crippen molar-refractivity contribution < 1.29 is 9.47 Å². The monoisotopic (exact) mass is 530 g/mol. The molecule has 3 rings (SSSR count). The van der Waals surface area contributed by atoms with Gasteiger partial charge in [0.25, 0.3) is 0 Å². The standard InChI is InChI=1S/C23H38N4O2.HI/c1-2-24-23(25-13-8-15-28-19-22-12-7-16-29-22)26-17-21-11-6-14-27(21)18-20-9-4-3-5-10-20;/h3-5,9-10,21-22H,2,6-8,11-19H2,1H3,(H2,24,25,26);1H. The molecule has 2 unspecified atom stereocenters. The Morgan fingerprint density at radius 2 is 2.07 bits per heavy atom. The SMILES string of the molecule is CCNC(=NCC1CCCN1Cc1ccccc1)NCCCOCC1CCCO1.I. The van der Waals surface area contributed by atoms with Crippen molar-refractivity contribution >= 4 is 29.9 Å². The van der Waals surface area contributed by atoms with Crippen LogP contribution < -0.4 is 10.6 Å². The molecule has 6 nitrogen and oxygen atoms in total. The summed E-state index contributed by atoms with van der Waals surface area (Å²) >= 11 is 0. The smallest absolute Gasteiger partial charge is 0.191 e. The number of hydrogen-bond acceptors (Lipinski definition) is 4. The molecule has 0 spiro atoms. The third kappa shape index (κ3) is 9.08. The van der Waals surface area contributed by atoms with Crippen LogP contribution in [0.2, 0.25) is 0 Å². The van der Waals surface area contributed by atoms with Crippen LogP contribution in [0.5, 0.6) is 0 Å². The Balaban J connectivity index is 0.00000320. The molecule has 2 aliphatic rings. The lowest BCUT2D eigenvalue weighted by Crippen LogP contribution is -2.39. The highest BCUT2D eigenvalue weighted by atomic mass is 127. The third-order valence-corrected chi connectivity index (χ3v) is 5.62. The van der Waals surface area contributed by atoms with Crippen LogP contribution in [0.3, 0.4) is 0 Å². The summed E-state index contributed by atoms with van der Waals surface area (Å²) in [6.07, 6.45) is 6.08. The number of aliphatic imine (C=N–C) groups is 1. The number of halogens is 1. The zero-order valence-corrected chi connectivity index (χ0v) is 20.7. The van der Waals surface area contributed by atoms with Crippen molar-refractivity contribution in [3.8, 4) is 0 Å². The van der Waals surface area contributed by atoms with Crippen LogP contribution in [0.4, 0.5) is 0 Å². The van der Waals surface area contributed by atoms with Crippen molar-refractivity contribution in [2.24, 2.45) is 4.99 Å². The van der Waals surface area contributed by atoms with E-state index in [-0.39, 0.29) is 24.0 Å². The van der Waals surface area contributed by atoms with Crippen LogP contribution in [0, 0.1) is 0 Å². The van der Waals surface area contributed by atoms with E-state index in [4.69, 9.17) is 14.5 Å². The van der Waals surface area contributed by atoms with Gasteiger partial charge in [-0.25, -0.2) is 0 Å². The van der Waals surface area contributed by atoms with Crippen LogP contribution in [0.15, 0.2) is 35.3 Å². The summed E-state index contributed by atoms with van der Waals surface area (Å²) in [6.45, 7) is 9.27. The van der Waals surface area contributed by atoms with E-state index < -0.39 is 0 Å². The van der Waals surface area contributed by atoms with E-state index in [1.165, 1.54) is 31.4 Å². The van der Waals surface area contributed by atoms with Crippen molar-refractivity contribution in [3.63, 3.8) is 0 Å². The van der Waals surface area contributed by atoms with Gasteiger partial charge in [0.15, 0.2) is 5.96 Å². The van der Waals surface area contributed by atoms with Gasteiger partial charge in [-0.1, -0.05) is 30.3 Å². The van der Waals surface area contributed by atoms with Crippen LogP contribution in [-0.2, 0) is 16.0 Å². The molecule has 1 aromatic carbocycles. The number of nitrogens with one attached hydrogen (secondary N) is 2. The summed E-state index contributed by atoms with van der Waals surface area (Å²) in [5.41, 5.74) is 1.39. The first-order valence-corrected chi connectivity index (χ1v) is 11.3. The van der Waals surface area contributed by atoms with Crippen molar-refractivity contribution in [3.05, 3.63) is 35.9 Å². The molecule has 7 heteroatoms. The molecule has 0 radical (unpaired) electrons. The molecule has 170 valence electrons. The molecule has 2 saturated heterocycles.